The molecule has 0 fully saturated rings. The van der Waals surface area contributed by atoms with Gasteiger partial charge in [0.25, 0.3) is 0 Å². The molecule has 0 aliphatic heterocycles. The zero-order chi connectivity index (χ0) is 19.3. The number of ether oxygens (including phenoxy) is 1. The second-order valence-corrected chi connectivity index (χ2v) is 6.33. The predicted octanol–water partition coefficient (Wildman–Crippen LogP) is 4.47. The normalized spacial score (nSPS) is 10.5. The van der Waals surface area contributed by atoms with Crippen molar-refractivity contribution in [3.8, 4) is 23.1 Å². The summed E-state index contributed by atoms with van der Waals surface area (Å²) in [6.45, 7) is 1.13. The fourth-order valence-corrected chi connectivity index (χ4v) is 3.17. The third-order valence-corrected chi connectivity index (χ3v) is 4.59. The summed E-state index contributed by atoms with van der Waals surface area (Å²) in [6, 6.07) is 21.1. The Bertz CT molecular complexity index is 1190. The van der Waals surface area contributed by atoms with E-state index in [9.17, 15) is 10.1 Å². The fraction of sp³-hybridized carbons (Fsp3) is 0.0870. The maximum absolute atomic E-state index is 11.0. The molecule has 2 heterocycles. The number of hydrogen-bond acceptors (Lipinski definition) is 4. The minimum Gasteiger partial charge on any atom is -0.490 e. The van der Waals surface area contributed by atoms with E-state index in [0.717, 1.165) is 17.4 Å². The van der Waals surface area contributed by atoms with Gasteiger partial charge in [-0.1, -0.05) is 18.2 Å². The number of fused-ring (bicyclic) bond motifs is 1. The van der Waals surface area contributed by atoms with E-state index in [1.807, 2.05) is 24.4 Å². The molecule has 0 radical (unpaired) electrons. The van der Waals surface area contributed by atoms with Gasteiger partial charge in [-0.15, -0.1) is 0 Å². The molecule has 0 amide bonds. The largest absolute Gasteiger partial charge is 0.490 e. The maximum atomic E-state index is 11.0. The lowest BCUT2D eigenvalue weighted by atomic mass is 10.1. The average molecular weight is 367 g/mol. The molecule has 4 rings (SSSR count). The highest BCUT2D eigenvalue weighted by atomic mass is 16.5. The van der Waals surface area contributed by atoms with Crippen molar-refractivity contribution in [2.75, 3.05) is 6.61 Å². The Kier molecular flexibility index (Phi) is 4.85. The second-order valence-electron chi connectivity index (χ2n) is 6.33. The molecule has 2 aromatic carbocycles. The zero-order valence-electron chi connectivity index (χ0n) is 15.1. The molecule has 0 saturated carbocycles. The van der Waals surface area contributed by atoms with Gasteiger partial charge in [-0.2, -0.15) is 5.26 Å². The molecule has 0 aliphatic carbocycles. The number of carbonyl (C=O) groups excluding carboxylic acids is 1. The Morgan fingerprint density at radius 2 is 2.00 bits per heavy atom. The standard InChI is InChI=1S/C23H17N3O2/c24-15-20-14-19(21-13-17(16-27)7-9-25-21)5-6-23(20)28-12-11-26-10-8-18-3-1-2-4-22(18)26/h1-10,13-14,16H,11-12H2. The molecule has 4 aromatic rings. The molecule has 0 saturated heterocycles. The SMILES string of the molecule is N#Cc1cc(-c2cc(C=O)ccn2)ccc1OCCn1ccc2ccccc21. The van der Waals surface area contributed by atoms with Crippen LogP contribution in [0.25, 0.3) is 22.2 Å². The van der Waals surface area contributed by atoms with E-state index < -0.39 is 0 Å². The lowest BCUT2D eigenvalue weighted by Gasteiger charge is -2.11. The second kappa shape index (κ2) is 7.77. The Morgan fingerprint density at radius 1 is 1.11 bits per heavy atom. The van der Waals surface area contributed by atoms with Crippen LogP contribution in [-0.4, -0.2) is 22.4 Å². The molecule has 0 aliphatic rings. The Labute approximate surface area is 162 Å². The summed E-state index contributed by atoms with van der Waals surface area (Å²) in [5.74, 6) is 0.536. The van der Waals surface area contributed by atoms with Crippen molar-refractivity contribution < 1.29 is 9.53 Å². The van der Waals surface area contributed by atoms with Crippen molar-refractivity contribution in [2.24, 2.45) is 0 Å². The van der Waals surface area contributed by atoms with E-state index in [4.69, 9.17) is 4.74 Å². The van der Waals surface area contributed by atoms with Gasteiger partial charge >= 0.3 is 0 Å². The highest BCUT2D eigenvalue weighted by Crippen LogP contribution is 2.26. The molecule has 5 nitrogen and oxygen atoms in total. The third-order valence-electron chi connectivity index (χ3n) is 4.59. The van der Waals surface area contributed by atoms with Crippen LogP contribution in [0.2, 0.25) is 0 Å². The minimum absolute atomic E-state index is 0.438. The van der Waals surface area contributed by atoms with Crippen LogP contribution in [-0.2, 0) is 6.54 Å². The van der Waals surface area contributed by atoms with Crippen LogP contribution < -0.4 is 4.74 Å². The summed E-state index contributed by atoms with van der Waals surface area (Å²) in [7, 11) is 0. The lowest BCUT2D eigenvalue weighted by molar-refractivity contribution is 0.112. The van der Waals surface area contributed by atoms with Gasteiger partial charge in [0.2, 0.25) is 0 Å². The molecule has 0 N–H and O–H groups in total. The molecular formula is C23H17N3O2. The summed E-state index contributed by atoms with van der Waals surface area (Å²) in [4.78, 5) is 15.2. The summed E-state index contributed by atoms with van der Waals surface area (Å²) >= 11 is 0. The molecule has 0 bridgehead atoms. The summed E-state index contributed by atoms with van der Waals surface area (Å²) < 4.78 is 8.00. The van der Waals surface area contributed by atoms with Gasteiger partial charge in [0, 0.05) is 29.0 Å². The van der Waals surface area contributed by atoms with Crippen molar-refractivity contribution in [3.63, 3.8) is 0 Å². The Balaban J connectivity index is 1.50. The zero-order valence-corrected chi connectivity index (χ0v) is 15.1. The number of nitriles is 1. The van der Waals surface area contributed by atoms with Crippen molar-refractivity contribution >= 4 is 17.2 Å². The molecular weight excluding hydrogens is 350 g/mol. The predicted molar refractivity (Wildman–Crippen MR) is 107 cm³/mol. The summed E-state index contributed by atoms with van der Waals surface area (Å²) in [5, 5.41) is 10.7. The van der Waals surface area contributed by atoms with E-state index >= 15 is 0 Å². The first-order valence-corrected chi connectivity index (χ1v) is 8.91. The van der Waals surface area contributed by atoms with Crippen molar-refractivity contribution in [1.82, 2.24) is 9.55 Å². The molecule has 0 unspecified atom stereocenters. The van der Waals surface area contributed by atoms with Crippen LogP contribution in [0.3, 0.4) is 0 Å². The van der Waals surface area contributed by atoms with E-state index in [2.05, 4.69) is 33.8 Å². The van der Waals surface area contributed by atoms with E-state index in [0.29, 0.717) is 35.7 Å². The van der Waals surface area contributed by atoms with Crippen LogP contribution in [0, 0.1) is 11.3 Å². The van der Waals surface area contributed by atoms with E-state index in [1.165, 1.54) is 5.39 Å². The van der Waals surface area contributed by atoms with Crippen LogP contribution in [0.15, 0.2) is 73.1 Å². The van der Waals surface area contributed by atoms with Crippen LogP contribution in [0.4, 0.5) is 0 Å². The molecule has 2 aromatic heterocycles. The molecule has 136 valence electrons. The number of hydrogen-bond donors (Lipinski definition) is 0. The maximum Gasteiger partial charge on any atom is 0.150 e. The summed E-state index contributed by atoms with van der Waals surface area (Å²) in [5.41, 5.74) is 3.55. The minimum atomic E-state index is 0.438. The number of para-hydroxylation sites is 1. The molecule has 0 atom stereocenters. The molecule has 28 heavy (non-hydrogen) atoms. The third kappa shape index (κ3) is 3.49. The number of nitrogens with zero attached hydrogens (tertiary/aromatic N) is 3. The van der Waals surface area contributed by atoms with Crippen LogP contribution >= 0.6 is 0 Å². The Hall–Kier alpha value is -3.91. The first-order chi connectivity index (χ1) is 13.8. The molecule has 5 heteroatoms. The van der Waals surface area contributed by atoms with Crippen molar-refractivity contribution in [1.29, 1.82) is 5.26 Å². The van der Waals surface area contributed by atoms with Gasteiger partial charge < -0.3 is 9.30 Å². The van der Waals surface area contributed by atoms with Crippen molar-refractivity contribution in [3.05, 3.63) is 84.2 Å². The number of pyridine rings is 1. The van der Waals surface area contributed by atoms with E-state index in [-0.39, 0.29) is 0 Å². The number of aldehydes is 1. The smallest absolute Gasteiger partial charge is 0.150 e. The quantitative estimate of drug-likeness (QED) is 0.472. The lowest BCUT2D eigenvalue weighted by Crippen LogP contribution is -2.08. The van der Waals surface area contributed by atoms with Gasteiger partial charge in [0.15, 0.2) is 0 Å². The highest BCUT2D eigenvalue weighted by molar-refractivity contribution is 5.80. The number of benzene rings is 2. The van der Waals surface area contributed by atoms with Crippen LogP contribution in [0.5, 0.6) is 5.75 Å². The van der Waals surface area contributed by atoms with Gasteiger partial charge in [-0.3, -0.25) is 9.78 Å². The van der Waals surface area contributed by atoms with Gasteiger partial charge in [-0.05, 0) is 47.9 Å². The monoisotopic (exact) mass is 367 g/mol. The number of rotatable bonds is 6. The first-order valence-electron chi connectivity index (χ1n) is 8.91. The van der Waals surface area contributed by atoms with Crippen molar-refractivity contribution in [2.45, 2.75) is 6.54 Å². The Morgan fingerprint density at radius 3 is 2.86 bits per heavy atom. The van der Waals surface area contributed by atoms with Gasteiger partial charge in [0.05, 0.1) is 17.8 Å². The number of aromatic nitrogens is 2. The van der Waals surface area contributed by atoms with E-state index in [1.54, 1.807) is 30.5 Å². The first kappa shape index (κ1) is 17.5. The highest BCUT2D eigenvalue weighted by Gasteiger charge is 2.08. The summed E-state index contributed by atoms with van der Waals surface area (Å²) in [6.07, 6.45) is 4.39. The number of carbonyl (C=O) groups is 1. The van der Waals surface area contributed by atoms with Crippen LogP contribution in [0.1, 0.15) is 15.9 Å². The fourth-order valence-electron chi connectivity index (χ4n) is 3.17. The average Bonchev–Trinajstić information content (AvgIpc) is 3.17. The topological polar surface area (TPSA) is 67.9 Å². The van der Waals surface area contributed by atoms with Gasteiger partial charge in [-0.25, -0.2) is 0 Å². The van der Waals surface area contributed by atoms with Gasteiger partial charge in [0.1, 0.15) is 24.7 Å². The molecule has 0 spiro atoms.